The highest BCUT2D eigenvalue weighted by Gasteiger charge is 2.08. The molecule has 1 N–H and O–H groups in total. The van der Waals surface area contributed by atoms with Gasteiger partial charge in [-0.2, -0.15) is 5.48 Å². The molecule has 1 fully saturated rings. The molecule has 1 aliphatic rings. The first-order chi connectivity index (χ1) is 6.43. The van der Waals surface area contributed by atoms with Gasteiger partial charge in [0.1, 0.15) is 0 Å². The van der Waals surface area contributed by atoms with Crippen molar-refractivity contribution in [3.8, 4) is 0 Å². The second kappa shape index (κ2) is 7.34. The third-order valence-corrected chi connectivity index (χ3v) is 2.89. The van der Waals surface area contributed by atoms with Crippen LogP contribution in [0.25, 0.3) is 0 Å². The molecule has 0 radical (unpaired) electrons. The van der Waals surface area contributed by atoms with Crippen molar-refractivity contribution in [1.29, 1.82) is 0 Å². The molecule has 0 atom stereocenters. The summed E-state index contributed by atoms with van der Waals surface area (Å²) in [7, 11) is 1.72. The van der Waals surface area contributed by atoms with Crippen LogP contribution in [0.2, 0.25) is 0 Å². The van der Waals surface area contributed by atoms with E-state index < -0.39 is 0 Å². The minimum Gasteiger partial charge on any atom is -0.305 e. The molecule has 0 bridgehead atoms. The van der Waals surface area contributed by atoms with Crippen molar-refractivity contribution in [3.05, 3.63) is 0 Å². The summed E-state index contributed by atoms with van der Waals surface area (Å²) in [6, 6.07) is 0.600. The van der Waals surface area contributed by atoms with Crippen molar-refractivity contribution in [2.24, 2.45) is 0 Å². The van der Waals surface area contributed by atoms with Gasteiger partial charge in [-0.15, -0.1) is 0 Å². The first-order valence-corrected chi connectivity index (χ1v) is 5.72. The molecule has 1 aliphatic carbocycles. The number of nitrogens with one attached hydrogen (secondary N) is 1. The minimum atomic E-state index is 0.600. The summed E-state index contributed by atoms with van der Waals surface area (Å²) in [5, 5.41) is 0. The average Bonchev–Trinajstić information content (AvgIpc) is 2.16. The van der Waals surface area contributed by atoms with Gasteiger partial charge in [-0.25, -0.2) is 0 Å². The van der Waals surface area contributed by atoms with Crippen LogP contribution < -0.4 is 5.48 Å². The number of hydroxylamine groups is 1. The Kier molecular flexibility index (Phi) is 6.21. The summed E-state index contributed by atoms with van der Waals surface area (Å²) in [6.07, 6.45) is 12.4. The van der Waals surface area contributed by atoms with Gasteiger partial charge in [0, 0.05) is 6.04 Å². The monoisotopic (exact) mass is 185 g/mol. The number of rotatable bonds is 2. The molecule has 2 heteroatoms. The lowest BCUT2D eigenvalue weighted by atomic mass is 9.98. The van der Waals surface area contributed by atoms with E-state index in [-0.39, 0.29) is 0 Å². The molecule has 0 amide bonds. The van der Waals surface area contributed by atoms with Gasteiger partial charge in [0.25, 0.3) is 0 Å². The zero-order valence-electron chi connectivity index (χ0n) is 8.85. The van der Waals surface area contributed by atoms with Gasteiger partial charge in [0.15, 0.2) is 0 Å². The van der Waals surface area contributed by atoms with Crippen molar-refractivity contribution in [1.82, 2.24) is 5.48 Å². The molecule has 2 nitrogen and oxygen atoms in total. The Morgan fingerprint density at radius 2 is 1.31 bits per heavy atom. The van der Waals surface area contributed by atoms with E-state index in [9.17, 15) is 0 Å². The molecular weight excluding hydrogens is 162 g/mol. The topological polar surface area (TPSA) is 21.3 Å². The maximum Gasteiger partial charge on any atom is 0.0572 e. The molecule has 0 aromatic carbocycles. The molecule has 0 aromatic rings. The molecule has 0 aliphatic heterocycles. The van der Waals surface area contributed by atoms with Gasteiger partial charge in [0.05, 0.1) is 7.11 Å². The van der Waals surface area contributed by atoms with E-state index in [1.807, 2.05) is 0 Å². The van der Waals surface area contributed by atoms with Crippen molar-refractivity contribution >= 4 is 0 Å². The lowest BCUT2D eigenvalue weighted by Gasteiger charge is -2.18. The smallest absolute Gasteiger partial charge is 0.0572 e. The highest BCUT2D eigenvalue weighted by molar-refractivity contribution is 4.64. The molecule has 0 spiro atoms. The van der Waals surface area contributed by atoms with Crippen LogP contribution in [-0.2, 0) is 4.84 Å². The molecule has 0 saturated heterocycles. The van der Waals surface area contributed by atoms with Gasteiger partial charge in [0.2, 0.25) is 0 Å². The molecule has 1 saturated carbocycles. The van der Waals surface area contributed by atoms with E-state index in [1.54, 1.807) is 7.11 Å². The number of hydrogen-bond donors (Lipinski definition) is 1. The lowest BCUT2D eigenvalue weighted by molar-refractivity contribution is 0.0533. The Hall–Kier alpha value is -0.0800. The summed E-state index contributed by atoms with van der Waals surface area (Å²) in [5.74, 6) is 0. The second-order valence-electron chi connectivity index (χ2n) is 4.07. The zero-order valence-corrected chi connectivity index (χ0v) is 8.85. The quantitative estimate of drug-likeness (QED) is 0.668. The van der Waals surface area contributed by atoms with E-state index >= 15 is 0 Å². The summed E-state index contributed by atoms with van der Waals surface area (Å²) in [4.78, 5) is 5.00. The van der Waals surface area contributed by atoms with Gasteiger partial charge in [-0.3, -0.25) is 0 Å². The van der Waals surface area contributed by atoms with Crippen LogP contribution in [0.4, 0.5) is 0 Å². The predicted molar refractivity (Wildman–Crippen MR) is 55.5 cm³/mol. The molecular formula is C11H23NO. The second-order valence-corrected chi connectivity index (χ2v) is 4.07. The van der Waals surface area contributed by atoms with Crippen LogP contribution in [0.5, 0.6) is 0 Å². The van der Waals surface area contributed by atoms with Crippen LogP contribution in [0.1, 0.15) is 57.8 Å². The van der Waals surface area contributed by atoms with E-state index in [0.717, 1.165) is 0 Å². The summed E-state index contributed by atoms with van der Waals surface area (Å²) >= 11 is 0. The van der Waals surface area contributed by atoms with Crippen LogP contribution in [0, 0.1) is 0 Å². The average molecular weight is 185 g/mol. The fraction of sp³-hybridized carbons (Fsp3) is 1.00. The lowest BCUT2D eigenvalue weighted by Crippen LogP contribution is -2.28. The summed E-state index contributed by atoms with van der Waals surface area (Å²) < 4.78 is 0. The van der Waals surface area contributed by atoms with Gasteiger partial charge < -0.3 is 4.84 Å². The molecule has 0 unspecified atom stereocenters. The first kappa shape index (κ1) is 11.0. The molecule has 78 valence electrons. The molecule has 13 heavy (non-hydrogen) atoms. The van der Waals surface area contributed by atoms with E-state index in [0.29, 0.717) is 6.04 Å². The van der Waals surface area contributed by atoms with Gasteiger partial charge in [-0.05, 0) is 12.8 Å². The fourth-order valence-corrected chi connectivity index (χ4v) is 2.09. The Labute approximate surface area is 82.0 Å². The third kappa shape index (κ3) is 5.27. The summed E-state index contributed by atoms with van der Waals surface area (Å²) in [6.45, 7) is 0. The van der Waals surface area contributed by atoms with E-state index in [2.05, 4.69) is 5.48 Å². The Balaban J connectivity index is 2.18. The van der Waals surface area contributed by atoms with Crippen LogP contribution in [0.15, 0.2) is 0 Å². The highest BCUT2D eigenvalue weighted by atomic mass is 16.6. The Morgan fingerprint density at radius 1 is 0.846 bits per heavy atom. The molecule has 0 aromatic heterocycles. The van der Waals surface area contributed by atoms with Gasteiger partial charge >= 0.3 is 0 Å². The SMILES string of the molecule is CONC1CCCCCCCCC1. The molecule has 1 rings (SSSR count). The van der Waals surface area contributed by atoms with Crippen LogP contribution in [0.3, 0.4) is 0 Å². The standard InChI is InChI=1S/C11H23NO/c1-13-12-11-9-7-5-3-2-4-6-8-10-11/h11-12H,2-10H2,1H3. The fourth-order valence-electron chi connectivity index (χ4n) is 2.09. The summed E-state index contributed by atoms with van der Waals surface area (Å²) in [5.41, 5.74) is 3.10. The van der Waals surface area contributed by atoms with Crippen LogP contribution in [-0.4, -0.2) is 13.2 Å². The largest absolute Gasteiger partial charge is 0.305 e. The number of hydrogen-bond acceptors (Lipinski definition) is 2. The molecule has 0 heterocycles. The maximum atomic E-state index is 5.00. The van der Waals surface area contributed by atoms with E-state index in [1.165, 1.54) is 57.8 Å². The predicted octanol–water partition coefficient (Wildman–Crippen LogP) is 3.03. The van der Waals surface area contributed by atoms with Crippen molar-refractivity contribution < 1.29 is 4.84 Å². The van der Waals surface area contributed by atoms with Gasteiger partial charge in [-0.1, -0.05) is 44.9 Å². The van der Waals surface area contributed by atoms with Crippen molar-refractivity contribution in [2.45, 2.75) is 63.8 Å². The Morgan fingerprint density at radius 3 is 1.77 bits per heavy atom. The highest BCUT2D eigenvalue weighted by Crippen LogP contribution is 2.16. The van der Waals surface area contributed by atoms with E-state index in [4.69, 9.17) is 4.84 Å². The van der Waals surface area contributed by atoms with Crippen molar-refractivity contribution in [2.75, 3.05) is 7.11 Å². The van der Waals surface area contributed by atoms with Crippen molar-refractivity contribution in [3.63, 3.8) is 0 Å². The van der Waals surface area contributed by atoms with Crippen LogP contribution >= 0.6 is 0 Å². The maximum absolute atomic E-state index is 5.00. The first-order valence-electron chi connectivity index (χ1n) is 5.72. The minimum absolute atomic E-state index is 0.600. The third-order valence-electron chi connectivity index (χ3n) is 2.89. The normalized spacial score (nSPS) is 22.8. The zero-order chi connectivity index (χ0) is 9.36. The Bertz CT molecular complexity index is 107.